The number of hydrogen-bond acceptors (Lipinski definition) is 2. The van der Waals surface area contributed by atoms with E-state index in [1.807, 2.05) is 0 Å². The number of alkyl halides is 1. The maximum Gasteiger partial charge on any atom is 0.251 e. The van der Waals surface area contributed by atoms with E-state index in [1.165, 1.54) is 6.07 Å². The Labute approximate surface area is 122 Å². The highest BCUT2D eigenvalue weighted by Crippen LogP contribution is 2.33. The van der Waals surface area contributed by atoms with Gasteiger partial charge in [0.05, 0.1) is 5.54 Å². The fourth-order valence-corrected chi connectivity index (χ4v) is 3.27. The molecule has 1 aromatic carbocycles. The number of phenols is 1. The van der Waals surface area contributed by atoms with Gasteiger partial charge in [0.15, 0.2) is 0 Å². The molecule has 0 atom stereocenters. The summed E-state index contributed by atoms with van der Waals surface area (Å²) in [6.45, 7) is 2.26. The van der Waals surface area contributed by atoms with Crippen LogP contribution in [0.1, 0.15) is 43.0 Å². The van der Waals surface area contributed by atoms with E-state index >= 15 is 0 Å². The zero-order valence-corrected chi connectivity index (χ0v) is 12.7. The number of phenolic OH excluding ortho intramolecular Hbond substituents is 1. The number of rotatable bonds is 3. The Balaban J connectivity index is 2.08. The summed E-state index contributed by atoms with van der Waals surface area (Å²) in [5.41, 5.74) is 0.369. The van der Waals surface area contributed by atoms with E-state index in [1.54, 1.807) is 18.2 Å². The molecule has 4 heteroatoms. The maximum absolute atomic E-state index is 12.3. The van der Waals surface area contributed by atoms with Gasteiger partial charge in [-0.3, -0.25) is 4.79 Å². The van der Waals surface area contributed by atoms with Crippen molar-refractivity contribution in [2.45, 2.75) is 38.1 Å². The lowest BCUT2D eigenvalue weighted by atomic mass is 9.78. The maximum atomic E-state index is 12.3. The minimum absolute atomic E-state index is 0.107. The molecule has 0 spiro atoms. The molecule has 1 aliphatic rings. The summed E-state index contributed by atoms with van der Waals surface area (Å²) in [4.78, 5) is 12.3. The highest BCUT2D eigenvalue weighted by atomic mass is 79.9. The van der Waals surface area contributed by atoms with Crippen molar-refractivity contribution in [3.05, 3.63) is 29.8 Å². The summed E-state index contributed by atoms with van der Waals surface area (Å²) in [7, 11) is 0. The molecule has 0 aromatic heterocycles. The molecule has 0 radical (unpaired) electrons. The van der Waals surface area contributed by atoms with Crippen LogP contribution in [-0.2, 0) is 0 Å². The van der Waals surface area contributed by atoms with Gasteiger partial charge in [0, 0.05) is 10.9 Å². The predicted octanol–water partition coefficient (Wildman–Crippen LogP) is 3.47. The third kappa shape index (κ3) is 3.50. The van der Waals surface area contributed by atoms with Crippen molar-refractivity contribution < 1.29 is 9.90 Å². The Morgan fingerprint density at radius 3 is 2.74 bits per heavy atom. The van der Waals surface area contributed by atoms with Gasteiger partial charge in [-0.15, -0.1) is 0 Å². The van der Waals surface area contributed by atoms with Crippen molar-refractivity contribution in [1.82, 2.24) is 5.32 Å². The van der Waals surface area contributed by atoms with Crippen LogP contribution >= 0.6 is 15.9 Å². The monoisotopic (exact) mass is 325 g/mol. The van der Waals surface area contributed by atoms with Gasteiger partial charge < -0.3 is 10.4 Å². The lowest BCUT2D eigenvalue weighted by Crippen LogP contribution is -2.52. The van der Waals surface area contributed by atoms with Crippen LogP contribution in [0.2, 0.25) is 0 Å². The van der Waals surface area contributed by atoms with E-state index in [-0.39, 0.29) is 17.2 Å². The SMILES string of the molecule is CC1CCC(CBr)(NC(=O)c2cccc(O)c2)CC1. The first-order valence-corrected chi connectivity index (χ1v) is 7.84. The number of benzene rings is 1. The van der Waals surface area contributed by atoms with Gasteiger partial charge in [-0.1, -0.05) is 28.9 Å². The molecule has 1 saturated carbocycles. The minimum Gasteiger partial charge on any atom is -0.508 e. The molecule has 19 heavy (non-hydrogen) atoms. The Hall–Kier alpha value is -1.03. The first-order chi connectivity index (χ1) is 9.04. The molecule has 1 fully saturated rings. The van der Waals surface area contributed by atoms with Crippen LogP contribution in [0, 0.1) is 5.92 Å². The van der Waals surface area contributed by atoms with Crippen molar-refractivity contribution in [1.29, 1.82) is 0 Å². The van der Waals surface area contributed by atoms with Gasteiger partial charge >= 0.3 is 0 Å². The summed E-state index contributed by atoms with van der Waals surface area (Å²) in [5.74, 6) is 0.757. The van der Waals surface area contributed by atoms with Crippen molar-refractivity contribution in [2.24, 2.45) is 5.92 Å². The van der Waals surface area contributed by atoms with Gasteiger partial charge in [0.2, 0.25) is 0 Å². The molecule has 1 aliphatic carbocycles. The molecule has 1 amide bonds. The average Bonchev–Trinajstić information content (AvgIpc) is 2.42. The minimum atomic E-state index is -0.144. The average molecular weight is 326 g/mol. The zero-order chi connectivity index (χ0) is 13.9. The van der Waals surface area contributed by atoms with Crippen molar-refractivity contribution in [2.75, 3.05) is 5.33 Å². The predicted molar refractivity (Wildman–Crippen MR) is 79.7 cm³/mol. The first kappa shape index (κ1) is 14.4. The molecule has 2 rings (SSSR count). The topological polar surface area (TPSA) is 49.3 Å². The molecule has 0 heterocycles. The Kier molecular flexibility index (Phi) is 4.50. The van der Waals surface area contributed by atoms with Crippen LogP contribution in [0.15, 0.2) is 24.3 Å². The van der Waals surface area contributed by atoms with Crippen LogP contribution in [-0.4, -0.2) is 21.9 Å². The van der Waals surface area contributed by atoms with Gasteiger partial charge in [0.25, 0.3) is 5.91 Å². The van der Waals surface area contributed by atoms with E-state index in [9.17, 15) is 9.90 Å². The first-order valence-electron chi connectivity index (χ1n) is 6.72. The van der Waals surface area contributed by atoms with Crippen molar-refractivity contribution >= 4 is 21.8 Å². The van der Waals surface area contributed by atoms with Crippen LogP contribution in [0.25, 0.3) is 0 Å². The van der Waals surface area contributed by atoms with Crippen LogP contribution < -0.4 is 5.32 Å². The second kappa shape index (κ2) is 5.95. The molecule has 0 saturated heterocycles. The highest BCUT2D eigenvalue weighted by Gasteiger charge is 2.34. The number of halogens is 1. The van der Waals surface area contributed by atoms with E-state index in [2.05, 4.69) is 28.2 Å². The van der Waals surface area contributed by atoms with E-state index in [0.29, 0.717) is 5.56 Å². The normalized spacial score (nSPS) is 26.9. The van der Waals surface area contributed by atoms with Crippen molar-refractivity contribution in [3.63, 3.8) is 0 Å². The third-order valence-corrected chi connectivity index (χ3v) is 5.05. The molecule has 104 valence electrons. The summed E-state index contributed by atoms with van der Waals surface area (Å²) < 4.78 is 0. The Morgan fingerprint density at radius 1 is 1.47 bits per heavy atom. The number of aromatic hydroxyl groups is 1. The lowest BCUT2D eigenvalue weighted by Gasteiger charge is -2.39. The second-order valence-corrected chi connectivity index (χ2v) is 6.16. The Bertz CT molecular complexity index is 453. The van der Waals surface area contributed by atoms with Crippen LogP contribution in [0.3, 0.4) is 0 Å². The third-order valence-electron chi connectivity index (χ3n) is 3.97. The number of nitrogens with one attached hydrogen (secondary N) is 1. The molecular formula is C15H20BrNO2. The summed E-state index contributed by atoms with van der Waals surface area (Å²) in [5, 5.41) is 13.4. The molecular weight excluding hydrogens is 306 g/mol. The van der Waals surface area contributed by atoms with Crippen molar-refractivity contribution in [3.8, 4) is 5.75 Å². The van der Waals surface area contributed by atoms with Gasteiger partial charge in [0.1, 0.15) is 5.75 Å². The van der Waals surface area contributed by atoms with Crippen LogP contribution in [0.4, 0.5) is 0 Å². The zero-order valence-electron chi connectivity index (χ0n) is 11.2. The molecule has 3 nitrogen and oxygen atoms in total. The molecule has 0 bridgehead atoms. The molecule has 1 aromatic rings. The second-order valence-electron chi connectivity index (χ2n) is 5.60. The number of hydrogen-bond donors (Lipinski definition) is 2. The van der Waals surface area contributed by atoms with Gasteiger partial charge in [-0.05, 0) is 49.8 Å². The molecule has 0 unspecified atom stereocenters. The van der Waals surface area contributed by atoms with E-state index < -0.39 is 0 Å². The molecule has 0 aliphatic heterocycles. The number of amides is 1. The van der Waals surface area contributed by atoms with Gasteiger partial charge in [-0.25, -0.2) is 0 Å². The fourth-order valence-electron chi connectivity index (χ4n) is 2.57. The van der Waals surface area contributed by atoms with E-state index in [4.69, 9.17) is 0 Å². The Morgan fingerprint density at radius 2 is 2.16 bits per heavy atom. The number of carbonyl (C=O) groups excluding carboxylic acids is 1. The summed E-state index contributed by atoms with van der Waals surface area (Å²) in [6.07, 6.45) is 4.30. The van der Waals surface area contributed by atoms with Gasteiger partial charge in [-0.2, -0.15) is 0 Å². The largest absolute Gasteiger partial charge is 0.508 e. The summed E-state index contributed by atoms with van der Waals surface area (Å²) in [6, 6.07) is 6.48. The lowest BCUT2D eigenvalue weighted by molar-refractivity contribution is 0.0874. The molecule has 2 N–H and O–H groups in total. The highest BCUT2D eigenvalue weighted by molar-refractivity contribution is 9.09. The summed E-state index contributed by atoms with van der Waals surface area (Å²) >= 11 is 3.54. The smallest absolute Gasteiger partial charge is 0.251 e. The van der Waals surface area contributed by atoms with Crippen LogP contribution in [0.5, 0.6) is 5.75 Å². The quantitative estimate of drug-likeness (QED) is 0.836. The number of carbonyl (C=O) groups is 1. The fraction of sp³-hybridized carbons (Fsp3) is 0.533. The van der Waals surface area contributed by atoms with E-state index in [0.717, 1.165) is 36.9 Å². The standard InChI is InChI=1S/C15H20BrNO2/c1-11-5-7-15(10-16,8-6-11)17-14(19)12-3-2-4-13(18)9-12/h2-4,9,11,18H,5-8,10H2,1H3,(H,17,19).